The Bertz CT molecular complexity index is 569. The molecule has 0 spiro atoms. The first kappa shape index (κ1) is 12.8. The van der Waals surface area contributed by atoms with Crippen molar-refractivity contribution < 1.29 is 4.79 Å². The van der Waals surface area contributed by atoms with Gasteiger partial charge in [-0.05, 0) is 26.0 Å². The number of benzene rings is 1. The van der Waals surface area contributed by atoms with Crippen LogP contribution in [0.25, 0.3) is 10.9 Å². The van der Waals surface area contributed by atoms with E-state index in [4.69, 9.17) is 0 Å². The molecule has 0 bridgehead atoms. The number of carbonyl (C=O) groups is 1. The third-order valence-corrected chi connectivity index (χ3v) is 3.40. The molecule has 0 saturated carbocycles. The lowest BCUT2D eigenvalue weighted by Gasteiger charge is -2.18. The normalized spacial score (nSPS) is 13.2. The topological polar surface area (TPSA) is 44.9 Å². The van der Waals surface area contributed by atoms with Gasteiger partial charge < -0.3 is 10.3 Å². The Kier molecular flexibility index (Phi) is 3.53. The largest absolute Gasteiger partial charge is 0.358 e. The Morgan fingerprint density at radius 3 is 2.56 bits per heavy atom. The molecule has 3 nitrogen and oxygen atoms in total. The van der Waals surface area contributed by atoms with E-state index in [-0.39, 0.29) is 17.7 Å². The van der Waals surface area contributed by atoms with E-state index in [1.165, 1.54) is 0 Å². The minimum Gasteiger partial charge on any atom is -0.358 e. The van der Waals surface area contributed by atoms with Gasteiger partial charge in [-0.2, -0.15) is 0 Å². The summed E-state index contributed by atoms with van der Waals surface area (Å²) >= 11 is 0. The Morgan fingerprint density at radius 2 is 1.94 bits per heavy atom. The Morgan fingerprint density at radius 1 is 1.28 bits per heavy atom. The number of fused-ring (bicyclic) bond motifs is 1. The first-order valence-electron chi connectivity index (χ1n) is 6.35. The molecule has 3 heteroatoms. The van der Waals surface area contributed by atoms with Crippen molar-refractivity contribution in [1.29, 1.82) is 0 Å². The zero-order chi connectivity index (χ0) is 13.3. The van der Waals surface area contributed by atoms with Gasteiger partial charge in [0.25, 0.3) is 0 Å². The molecule has 1 aromatic carbocycles. The summed E-state index contributed by atoms with van der Waals surface area (Å²) < 4.78 is 0. The predicted molar refractivity (Wildman–Crippen MR) is 75.1 cm³/mol. The minimum atomic E-state index is -0.136. The zero-order valence-corrected chi connectivity index (χ0v) is 11.4. The van der Waals surface area contributed by atoms with E-state index < -0.39 is 0 Å². The molecule has 0 amide bonds. The summed E-state index contributed by atoms with van der Waals surface area (Å²) in [4.78, 5) is 15.9. The SMILES string of the molecule is CNC(C(=O)c1c(C)[nH]c2ccccc12)C(C)C. The molecule has 0 fully saturated rings. The minimum absolute atomic E-state index is 0.136. The highest BCUT2D eigenvalue weighted by atomic mass is 16.1. The molecule has 0 aliphatic carbocycles. The second-order valence-electron chi connectivity index (χ2n) is 5.05. The van der Waals surface area contributed by atoms with Gasteiger partial charge in [-0.1, -0.05) is 32.0 Å². The van der Waals surface area contributed by atoms with E-state index in [0.29, 0.717) is 0 Å². The molecule has 1 unspecified atom stereocenters. The second-order valence-corrected chi connectivity index (χ2v) is 5.05. The first-order valence-corrected chi connectivity index (χ1v) is 6.35. The monoisotopic (exact) mass is 244 g/mol. The first-order chi connectivity index (χ1) is 8.56. The maximum Gasteiger partial charge on any atom is 0.182 e. The lowest BCUT2D eigenvalue weighted by Crippen LogP contribution is -2.38. The molecular formula is C15H20N2O. The summed E-state index contributed by atoms with van der Waals surface area (Å²) in [5, 5.41) is 4.13. The van der Waals surface area contributed by atoms with Crippen molar-refractivity contribution >= 4 is 16.7 Å². The van der Waals surface area contributed by atoms with Crippen LogP contribution in [0.3, 0.4) is 0 Å². The lowest BCUT2D eigenvalue weighted by molar-refractivity contribution is 0.0923. The number of nitrogens with one attached hydrogen (secondary N) is 2. The lowest BCUT2D eigenvalue weighted by atomic mass is 9.93. The smallest absolute Gasteiger partial charge is 0.182 e. The van der Waals surface area contributed by atoms with Gasteiger partial charge in [-0.25, -0.2) is 0 Å². The van der Waals surface area contributed by atoms with Gasteiger partial charge in [-0.3, -0.25) is 4.79 Å². The number of aromatic amines is 1. The highest BCUT2D eigenvalue weighted by molar-refractivity contribution is 6.11. The van der Waals surface area contributed by atoms with Crippen molar-refractivity contribution in [1.82, 2.24) is 10.3 Å². The van der Waals surface area contributed by atoms with Gasteiger partial charge in [0.15, 0.2) is 5.78 Å². The highest BCUT2D eigenvalue weighted by Crippen LogP contribution is 2.24. The fraction of sp³-hybridized carbons (Fsp3) is 0.400. The van der Waals surface area contributed by atoms with Crippen molar-refractivity contribution in [3.8, 4) is 0 Å². The second kappa shape index (κ2) is 4.94. The summed E-state index contributed by atoms with van der Waals surface area (Å²) in [5.74, 6) is 0.443. The highest BCUT2D eigenvalue weighted by Gasteiger charge is 2.25. The van der Waals surface area contributed by atoms with Crippen molar-refractivity contribution in [3.05, 3.63) is 35.5 Å². The number of hydrogen-bond acceptors (Lipinski definition) is 2. The molecule has 0 aliphatic heterocycles. The van der Waals surface area contributed by atoms with Crippen LogP contribution in [0.4, 0.5) is 0 Å². The molecule has 1 heterocycles. The van der Waals surface area contributed by atoms with Crippen molar-refractivity contribution in [2.24, 2.45) is 5.92 Å². The van der Waals surface area contributed by atoms with Crippen LogP contribution in [0.5, 0.6) is 0 Å². The van der Waals surface area contributed by atoms with Gasteiger partial charge in [0, 0.05) is 22.2 Å². The number of hydrogen-bond donors (Lipinski definition) is 2. The molecule has 2 N–H and O–H groups in total. The van der Waals surface area contributed by atoms with Crippen molar-refractivity contribution in [2.75, 3.05) is 7.05 Å². The van der Waals surface area contributed by atoms with Crippen molar-refractivity contribution in [3.63, 3.8) is 0 Å². The number of rotatable bonds is 4. The molecule has 0 saturated heterocycles. The maximum atomic E-state index is 12.6. The van der Waals surface area contributed by atoms with Crippen LogP contribution in [0.2, 0.25) is 0 Å². The quantitative estimate of drug-likeness (QED) is 0.812. The average Bonchev–Trinajstić information content (AvgIpc) is 2.64. The molecule has 18 heavy (non-hydrogen) atoms. The van der Waals surface area contributed by atoms with E-state index in [0.717, 1.165) is 22.2 Å². The van der Waals surface area contributed by atoms with Crippen LogP contribution < -0.4 is 5.32 Å². The molecule has 1 atom stereocenters. The molecule has 0 aliphatic rings. The van der Waals surface area contributed by atoms with Crippen LogP contribution in [0.15, 0.2) is 24.3 Å². The van der Waals surface area contributed by atoms with Gasteiger partial charge in [0.1, 0.15) is 0 Å². The van der Waals surface area contributed by atoms with Crippen LogP contribution in [-0.2, 0) is 0 Å². The number of carbonyl (C=O) groups excluding carboxylic acids is 1. The number of ketones is 1. The number of likely N-dealkylation sites (N-methyl/N-ethyl adjacent to an activating group) is 1. The molecule has 1 aromatic heterocycles. The van der Waals surface area contributed by atoms with E-state index in [1.54, 1.807) is 0 Å². The maximum absolute atomic E-state index is 12.6. The predicted octanol–water partition coefficient (Wildman–Crippen LogP) is 2.90. The van der Waals surface area contributed by atoms with Crippen LogP contribution in [0, 0.1) is 12.8 Å². The molecule has 96 valence electrons. The molecule has 2 aromatic rings. The number of H-pyrrole nitrogens is 1. The van der Waals surface area contributed by atoms with Crippen LogP contribution >= 0.6 is 0 Å². The summed E-state index contributed by atoms with van der Waals surface area (Å²) in [5.41, 5.74) is 2.79. The molecule has 2 rings (SSSR count). The number of aryl methyl sites for hydroxylation is 1. The van der Waals surface area contributed by atoms with E-state index in [9.17, 15) is 4.79 Å². The third-order valence-electron chi connectivity index (χ3n) is 3.40. The third kappa shape index (κ3) is 2.06. The average molecular weight is 244 g/mol. The van der Waals surface area contributed by atoms with Gasteiger partial charge in [-0.15, -0.1) is 0 Å². The molecular weight excluding hydrogens is 224 g/mol. The standard InChI is InChI=1S/C15H20N2O/c1-9(2)14(16-4)15(18)13-10(3)17-12-8-6-5-7-11(12)13/h5-9,14,16-17H,1-4H3. The zero-order valence-electron chi connectivity index (χ0n) is 11.4. The van der Waals surface area contributed by atoms with Gasteiger partial charge in [0.2, 0.25) is 0 Å². The Hall–Kier alpha value is -1.61. The number of aromatic nitrogens is 1. The van der Waals surface area contributed by atoms with Crippen LogP contribution in [0.1, 0.15) is 29.9 Å². The number of para-hydroxylation sites is 1. The van der Waals surface area contributed by atoms with E-state index in [1.807, 2.05) is 38.2 Å². The van der Waals surface area contributed by atoms with Crippen LogP contribution in [-0.4, -0.2) is 23.9 Å². The van der Waals surface area contributed by atoms with Crippen molar-refractivity contribution in [2.45, 2.75) is 26.8 Å². The number of Topliss-reactive ketones (excluding diaryl/α,β-unsaturated/α-hetero) is 1. The fourth-order valence-corrected chi connectivity index (χ4v) is 2.52. The van der Waals surface area contributed by atoms with Gasteiger partial charge in [0.05, 0.1) is 6.04 Å². The van der Waals surface area contributed by atoms with Gasteiger partial charge >= 0.3 is 0 Å². The Labute approximate surface area is 108 Å². The summed E-state index contributed by atoms with van der Waals surface area (Å²) in [6.07, 6.45) is 0. The summed E-state index contributed by atoms with van der Waals surface area (Å²) in [6.45, 7) is 6.08. The van der Waals surface area contributed by atoms with E-state index >= 15 is 0 Å². The summed E-state index contributed by atoms with van der Waals surface area (Å²) in [7, 11) is 1.84. The van der Waals surface area contributed by atoms with E-state index in [2.05, 4.69) is 24.1 Å². The molecule has 0 radical (unpaired) electrons. The fourth-order valence-electron chi connectivity index (χ4n) is 2.52. The summed E-state index contributed by atoms with van der Waals surface area (Å²) in [6, 6.07) is 7.81. The Balaban J connectivity index is 2.53.